The van der Waals surface area contributed by atoms with Crippen LogP contribution in [0.4, 0.5) is 5.13 Å². The van der Waals surface area contributed by atoms with Crippen molar-refractivity contribution in [3.8, 4) is 12.1 Å². The maximum atomic E-state index is 8.62. The number of piperidine rings is 1. The molecule has 0 aromatic carbocycles. The molecule has 0 spiro atoms. The molecule has 1 saturated heterocycles. The minimum absolute atomic E-state index is 0.0541. The number of hydrogen-bond acceptors (Lipinski definition) is 5. The first-order chi connectivity index (χ1) is 9.31. The lowest BCUT2D eigenvalue weighted by Gasteiger charge is -2.22. The van der Waals surface area contributed by atoms with E-state index in [9.17, 15) is 0 Å². The molecule has 1 aliphatic rings. The summed E-state index contributed by atoms with van der Waals surface area (Å²) in [4.78, 5) is 6.06. The predicted octanol–water partition coefficient (Wildman–Crippen LogP) is 1.05. The number of quaternary nitrogens is 1. The van der Waals surface area contributed by atoms with Crippen LogP contribution in [-0.4, -0.2) is 18.1 Å². The Hall–Kier alpha value is -1.89. The lowest BCUT2D eigenvalue weighted by atomic mass is 10.1. The smallest absolute Gasteiger partial charge is 0.187 e. The SMILES string of the molecule is N#CC(C#N)=CNc1nc(C[NH+]2CCCCC2)cs1. The molecule has 5 nitrogen and oxygen atoms in total. The van der Waals surface area contributed by atoms with E-state index in [1.54, 1.807) is 17.0 Å². The molecule has 2 N–H and O–H groups in total. The highest BCUT2D eigenvalue weighted by molar-refractivity contribution is 7.13. The van der Waals surface area contributed by atoms with Gasteiger partial charge in [-0.3, -0.25) is 0 Å². The Morgan fingerprint density at radius 2 is 2.11 bits per heavy atom. The number of rotatable bonds is 4. The molecule has 1 aliphatic heterocycles. The Labute approximate surface area is 116 Å². The molecule has 0 amide bonds. The normalized spacial score (nSPS) is 15.3. The molecule has 2 heterocycles. The van der Waals surface area contributed by atoms with Crippen molar-refractivity contribution in [3.05, 3.63) is 22.8 Å². The summed E-state index contributed by atoms with van der Waals surface area (Å²) in [5.74, 6) is 0. The summed E-state index contributed by atoms with van der Waals surface area (Å²) in [7, 11) is 0. The van der Waals surface area contributed by atoms with Crippen LogP contribution < -0.4 is 10.2 Å². The van der Waals surface area contributed by atoms with E-state index in [4.69, 9.17) is 10.5 Å². The summed E-state index contributed by atoms with van der Waals surface area (Å²) < 4.78 is 0. The van der Waals surface area contributed by atoms with E-state index in [1.807, 2.05) is 5.38 Å². The highest BCUT2D eigenvalue weighted by Gasteiger charge is 2.15. The van der Waals surface area contributed by atoms with Crippen LogP contribution in [0, 0.1) is 22.7 Å². The van der Waals surface area contributed by atoms with Crippen LogP contribution in [0.3, 0.4) is 0 Å². The van der Waals surface area contributed by atoms with Crippen molar-refractivity contribution in [1.82, 2.24) is 4.98 Å². The van der Waals surface area contributed by atoms with Crippen LogP contribution in [0.2, 0.25) is 0 Å². The van der Waals surface area contributed by atoms with E-state index in [0.717, 1.165) is 17.4 Å². The van der Waals surface area contributed by atoms with Gasteiger partial charge in [0.15, 0.2) is 5.13 Å². The Bertz CT molecular complexity index is 512. The van der Waals surface area contributed by atoms with E-state index < -0.39 is 0 Å². The summed E-state index contributed by atoms with van der Waals surface area (Å²) >= 11 is 1.50. The molecule has 19 heavy (non-hydrogen) atoms. The fourth-order valence-corrected chi connectivity index (χ4v) is 2.84. The van der Waals surface area contributed by atoms with E-state index in [2.05, 4.69) is 10.3 Å². The molecular formula is C13H16N5S+. The van der Waals surface area contributed by atoms with Gasteiger partial charge in [0, 0.05) is 11.6 Å². The van der Waals surface area contributed by atoms with Gasteiger partial charge >= 0.3 is 0 Å². The lowest BCUT2D eigenvalue weighted by Crippen LogP contribution is -3.11. The molecule has 6 heteroatoms. The van der Waals surface area contributed by atoms with E-state index in [-0.39, 0.29) is 5.57 Å². The average molecular weight is 274 g/mol. The van der Waals surface area contributed by atoms with Crippen molar-refractivity contribution in [2.24, 2.45) is 0 Å². The van der Waals surface area contributed by atoms with Gasteiger partial charge in [-0.2, -0.15) is 10.5 Å². The van der Waals surface area contributed by atoms with Crippen molar-refractivity contribution >= 4 is 16.5 Å². The third-order valence-corrected chi connectivity index (χ3v) is 3.95. The maximum Gasteiger partial charge on any atom is 0.187 e. The van der Waals surface area contributed by atoms with Gasteiger partial charge in [-0.25, -0.2) is 4.98 Å². The van der Waals surface area contributed by atoms with Crippen LogP contribution in [0.15, 0.2) is 17.2 Å². The fourth-order valence-electron chi connectivity index (χ4n) is 2.16. The second-order valence-corrected chi connectivity index (χ2v) is 5.42. The van der Waals surface area contributed by atoms with Crippen molar-refractivity contribution in [1.29, 1.82) is 10.5 Å². The predicted molar refractivity (Wildman–Crippen MR) is 73.3 cm³/mol. The first kappa shape index (κ1) is 13.5. The molecule has 98 valence electrons. The second-order valence-electron chi connectivity index (χ2n) is 4.56. The summed E-state index contributed by atoms with van der Waals surface area (Å²) in [6.07, 6.45) is 5.36. The number of likely N-dealkylation sites (tertiary alicyclic amines) is 1. The van der Waals surface area contributed by atoms with E-state index in [0.29, 0.717) is 0 Å². The molecule has 0 bridgehead atoms. The van der Waals surface area contributed by atoms with Crippen LogP contribution in [0.1, 0.15) is 25.0 Å². The first-order valence-corrected chi connectivity index (χ1v) is 7.24. The van der Waals surface area contributed by atoms with Crippen LogP contribution in [-0.2, 0) is 6.54 Å². The largest absolute Gasteiger partial charge is 0.336 e. The average Bonchev–Trinajstić information content (AvgIpc) is 2.89. The van der Waals surface area contributed by atoms with Crippen molar-refractivity contribution in [2.75, 3.05) is 18.4 Å². The number of anilines is 1. The minimum Gasteiger partial charge on any atom is -0.336 e. The molecular weight excluding hydrogens is 258 g/mol. The van der Waals surface area contributed by atoms with E-state index >= 15 is 0 Å². The third kappa shape index (κ3) is 4.06. The van der Waals surface area contributed by atoms with Crippen molar-refractivity contribution in [2.45, 2.75) is 25.8 Å². The molecule has 0 atom stereocenters. The number of nitrogens with zero attached hydrogens (tertiary/aromatic N) is 3. The highest BCUT2D eigenvalue weighted by Crippen LogP contribution is 2.15. The summed E-state index contributed by atoms with van der Waals surface area (Å²) in [6, 6.07) is 3.61. The minimum atomic E-state index is 0.0541. The zero-order valence-corrected chi connectivity index (χ0v) is 11.5. The molecule has 0 unspecified atom stereocenters. The number of aromatic nitrogens is 1. The van der Waals surface area contributed by atoms with Gasteiger partial charge in [-0.05, 0) is 19.3 Å². The number of nitrogens with one attached hydrogen (secondary N) is 2. The van der Waals surface area contributed by atoms with Crippen LogP contribution in [0.25, 0.3) is 0 Å². The number of nitriles is 2. The summed E-state index contributed by atoms with van der Waals surface area (Å²) in [5.41, 5.74) is 1.13. The van der Waals surface area contributed by atoms with Gasteiger partial charge in [-0.15, -0.1) is 11.3 Å². The Morgan fingerprint density at radius 1 is 1.37 bits per heavy atom. The third-order valence-electron chi connectivity index (χ3n) is 3.12. The quantitative estimate of drug-likeness (QED) is 0.805. The standard InChI is InChI=1S/C13H15N5S/c14-6-11(7-15)8-16-13-17-12(10-19-13)9-18-4-2-1-3-5-18/h8,10H,1-5,9H2,(H,16,17)/p+1. The summed E-state index contributed by atoms with van der Waals surface area (Å²) in [5, 5.41) is 22.9. The Morgan fingerprint density at radius 3 is 2.79 bits per heavy atom. The monoisotopic (exact) mass is 274 g/mol. The molecule has 0 saturated carbocycles. The highest BCUT2D eigenvalue weighted by atomic mass is 32.1. The molecule has 1 fully saturated rings. The molecule has 1 aromatic rings. The Balaban J connectivity index is 1.90. The zero-order chi connectivity index (χ0) is 13.5. The molecule has 0 radical (unpaired) electrons. The molecule has 0 aliphatic carbocycles. The molecule has 1 aromatic heterocycles. The van der Waals surface area contributed by atoms with Gasteiger partial charge in [0.1, 0.15) is 30.0 Å². The summed E-state index contributed by atoms with van der Waals surface area (Å²) in [6.45, 7) is 3.42. The van der Waals surface area contributed by atoms with Crippen molar-refractivity contribution < 1.29 is 4.90 Å². The van der Waals surface area contributed by atoms with E-state index in [1.165, 1.54) is 49.9 Å². The van der Waals surface area contributed by atoms with Gasteiger partial charge < -0.3 is 10.2 Å². The topological polar surface area (TPSA) is 76.9 Å². The van der Waals surface area contributed by atoms with Crippen LogP contribution >= 0.6 is 11.3 Å². The molecule has 2 rings (SSSR count). The number of thiazole rings is 1. The number of allylic oxidation sites excluding steroid dienone is 1. The van der Waals surface area contributed by atoms with Gasteiger partial charge in [-0.1, -0.05) is 0 Å². The second kappa shape index (κ2) is 6.89. The Kier molecular flexibility index (Phi) is 4.91. The lowest BCUT2D eigenvalue weighted by molar-refractivity contribution is -0.918. The van der Waals surface area contributed by atoms with Gasteiger partial charge in [0.25, 0.3) is 0 Å². The fraction of sp³-hybridized carbons (Fsp3) is 0.462. The zero-order valence-electron chi connectivity index (χ0n) is 10.6. The van der Waals surface area contributed by atoms with Gasteiger partial charge in [0.2, 0.25) is 0 Å². The maximum absolute atomic E-state index is 8.62. The first-order valence-electron chi connectivity index (χ1n) is 6.36. The number of hydrogen-bond donors (Lipinski definition) is 2. The van der Waals surface area contributed by atoms with Crippen molar-refractivity contribution in [3.63, 3.8) is 0 Å². The van der Waals surface area contributed by atoms with Gasteiger partial charge in [0.05, 0.1) is 13.1 Å². The van der Waals surface area contributed by atoms with Crippen LogP contribution in [0.5, 0.6) is 0 Å².